The minimum absolute atomic E-state index is 0.374. The molecule has 0 spiro atoms. The van der Waals surface area contributed by atoms with E-state index in [9.17, 15) is 15.0 Å². The highest BCUT2D eigenvalue weighted by molar-refractivity contribution is 5.84. The van der Waals surface area contributed by atoms with Crippen molar-refractivity contribution < 1.29 is 15.0 Å². The molecule has 0 unspecified atom stereocenters. The molecule has 0 rings (SSSR count). The number of allylic oxidation sites excluding steroid dienone is 1. The zero-order valence-electron chi connectivity index (χ0n) is 18.7. The van der Waals surface area contributed by atoms with Gasteiger partial charge in [0.25, 0.3) is 11.7 Å². The molecule has 4 N–H and O–H groups in total. The quantitative estimate of drug-likeness (QED) is 0.131. The molecule has 0 heterocycles. The van der Waals surface area contributed by atoms with Gasteiger partial charge in [-0.05, 0) is 31.3 Å². The predicted molar refractivity (Wildman–Crippen MR) is 119 cm³/mol. The number of amides is 1. The Morgan fingerprint density at radius 3 is 1.54 bits per heavy atom. The molecule has 0 saturated carbocycles. The number of primary amides is 1. The molecule has 166 valence electrons. The summed E-state index contributed by atoms with van der Waals surface area (Å²) in [6.45, 7) is 4.39. The summed E-state index contributed by atoms with van der Waals surface area (Å²) in [5.74, 6) is -3.58. The fourth-order valence-electron chi connectivity index (χ4n) is 3.58. The second kappa shape index (κ2) is 18.2. The number of hydrogen-bond donors (Lipinski definition) is 3. The number of carbonyl (C=O) groups is 1. The largest absolute Gasteiger partial charge is 0.365 e. The Balaban J connectivity index is 3.86. The predicted octanol–water partition coefficient (Wildman–Crippen LogP) is 6.14. The monoisotopic (exact) mass is 397 g/mol. The summed E-state index contributed by atoms with van der Waals surface area (Å²) in [4.78, 5) is 11.4. The normalized spacial score (nSPS) is 12.5. The van der Waals surface area contributed by atoms with Crippen molar-refractivity contribution in [3.8, 4) is 0 Å². The van der Waals surface area contributed by atoms with E-state index in [1.807, 2.05) is 0 Å². The molecule has 0 aromatic heterocycles. The molecule has 0 aliphatic heterocycles. The fourth-order valence-corrected chi connectivity index (χ4v) is 3.58. The molecule has 4 heteroatoms. The molecule has 0 radical (unpaired) electrons. The van der Waals surface area contributed by atoms with E-state index in [1.54, 1.807) is 6.08 Å². The standard InChI is InChI=1S/C24H47NO3/c1-3-5-7-9-10-11-12-13-14-15-16-17-19-21-22(20-18-8-6-4-2)24(27,28)23(25)26/h20,27-28H,3-19,21H2,1-2H3,(H2,25,26). The van der Waals surface area contributed by atoms with E-state index < -0.39 is 11.7 Å². The van der Waals surface area contributed by atoms with Crippen LogP contribution in [0.15, 0.2) is 11.6 Å². The van der Waals surface area contributed by atoms with E-state index >= 15 is 0 Å². The van der Waals surface area contributed by atoms with Crippen molar-refractivity contribution in [1.82, 2.24) is 0 Å². The van der Waals surface area contributed by atoms with E-state index in [0.29, 0.717) is 12.0 Å². The zero-order valence-corrected chi connectivity index (χ0v) is 18.7. The van der Waals surface area contributed by atoms with Crippen molar-refractivity contribution in [2.75, 3.05) is 0 Å². The molecule has 0 bridgehead atoms. The van der Waals surface area contributed by atoms with Crippen molar-refractivity contribution in [2.45, 2.75) is 135 Å². The van der Waals surface area contributed by atoms with Gasteiger partial charge in [-0.1, -0.05) is 110 Å². The maximum atomic E-state index is 11.4. The SMILES string of the molecule is CCCCCC=C(CCCCCCCCCCCCCCC)C(O)(O)C(N)=O. The zero-order chi connectivity index (χ0) is 21.1. The second-order valence-electron chi connectivity index (χ2n) is 8.25. The first-order valence-corrected chi connectivity index (χ1v) is 11.9. The van der Waals surface area contributed by atoms with Crippen molar-refractivity contribution in [3.63, 3.8) is 0 Å². The molecule has 0 saturated heterocycles. The van der Waals surface area contributed by atoms with Crippen LogP contribution in [0.2, 0.25) is 0 Å². The molecule has 0 aromatic carbocycles. The molecule has 0 fully saturated rings. The van der Waals surface area contributed by atoms with Crippen LogP contribution in [0.5, 0.6) is 0 Å². The molecule has 28 heavy (non-hydrogen) atoms. The Morgan fingerprint density at radius 2 is 1.11 bits per heavy atom. The van der Waals surface area contributed by atoms with Crippen LogP contribution in [0, 0.1) is 0 Å². The highest BCUT2D eigenvalue weighted by Gasteiger charge is 2.34. The van der Waals surface area contributed by atoms with Crippen LogP contribution in [0.3, 0.4) is 0 Å². The number of unbranched alkanes of at least 4 members (excludes halogenated alkanes) is 15. The van der Waals surface area contributed by atoms with Gasteiger partial charge in [0.05, 0.1) is 0 Å². The number of nitrogens with two attached hydrogens (primary N) is 1. The van der Waals surface area contributed by atoms with Crippen LogP contribution in [0.4, 0.5) is 0 Å². The third kappa shape index (κ3) is 14.2. The third-order valence-corrected chi connectivity index (χ3v) is 5.54. The summed E-state index contributed by atoms with van der Waals surface area (Å²) in [6, 6.07) is 0. The summed E-state index contributed by atoms with van der Waals surface area (Å²) in [5, 5.41) is 20.0. The molecule has 0 aromatic rings. The molecule has 1 amide bonds. The van der Waals surface area contributed by atoms with Gasteiger partial charge in [0.2, 0.25) is 0 Å². The lowest BCUT2D eigenvalue weighted by Gasteiger charge is -2.22. The van der Waals surface area contributed by atoms with Gasteiger partial charge < -0.3 is 15.9 Å². The minimum atomic E-state index is -2.50. The number of carbonyl (C=O) groups excluding carboxylic acids is 1. The summed E-state index contributed by atoms with van der Waals surface area (Å²) in [6.07, 6.45) is 22.8. The lowest BCUT2D eigenvalue weighted by Crippen LogP contribution is -2.45. The van der Waals surface area contributed by atoms with Gasteiger partial charge in [-0.25, -0.2) is 0 Å². The number of hydrogen-bond acceptors (Lipinski definition) is 3. The van der Waals surface area contributed by atoms with E-state index in [-0.39, 0.29) is 0 Å². The van der Waals surface area contributed by atoms with Crippen molar-refractivity contribution in [2.24, 2.45) is 5.73 Å². The highest BCUT2D eigenvalue weighted by Crippen LogP contribution is 2.22. The first kappa shape index (κ1) is 27.1. The summed E-state index contributed by atoms with van der Waals surface area (Å²) in [5.41, 5.74) is 5.54. The van der Waals surface area contributed by atoms with Gasteiger partial charge in [-0.2, -0.15) is 0 Å². The van der Waals surface area contributed by atoms with Gasteiger partial charge in [-0.3, -0.25) is 4.79 Å². The highest BCUT2D eigenvalue weighted by atomic mass is 16.5. The van der Waals surface area contributed by atoms with Crippen LogP contribution in [0.1, 0.15) is 129 Å². The average Bonchev–Trinajstić information content (AvgIpc) is 2.66. The Hall–Kier alpha value is -0.870. The topological polar surface area (TPSA) is 83.6 Å². The van der Waals surface area contributed by atoms with Crippen LogP contribution < -0.4 is 5.73 Å². The lowest BCUT2D eigenvalue weighted by atomic mass is 9.96. The molecule has 0 atom stereocenters. The van der Waals surface area contributed by atoms with E-state index in [0.717, 1.165) is 38.5 Å². The van der Waals surface area contributed by atoms with E-state index in [1.165, 1.54) is 70.6 Å². The third-order valence-electron chi connectivity index (χ3n) is 5.54. The van der Waals surface area contributed by atoms with Crippen molar-refractivity contribution in [1.29, 1.82) is 0 Å². The van der Waals surface area contributed by atoms with Gasteiger partial charge in [-0.15, -0.1) is 0 Å². The van der Waals surface area contributed by atoms with Crippen LogP contribution in [-0.2, 0) is 4.79 Å². The second-order valence-corrected chi connectivity index (χ2v) is 8.25. The van der Waals surface area contributed by atoms with Gasteiger partial charge in [0.1, 0.15) is 0 Å². The lowest BCUT2D eigenvalue weighted by molar-refractivity contribution is -0.168. The molecular formula is C24H47NO3. The first-order chi connectivity index (χ1) is 13.5. The van der Waals surface area contributed by atoms with Crippen molar-refractivity contribution >= 4 is 5.91 Å². The van der Waals surface area contributed by atoms with E-state index in [2.05, 4.69) is 13.8 Å². The molecule has 0 aliphatic rings. The molecule has 0 aliphatic carbocycles. The van der Waals surface area contributed by atoms with Crippen LogP contribution >= 0.6 is 0 Å². The molecular weight excluding hydrogens is 350 g/mol. The Kier molecular flexibility index (Phi) is 17.6. The minimum Gasteiger partial charge on any atom is -0.365 e. The maximum absolute atomic E-state index is 11.4. The number of aliphatic hydroxyl groups is 2. The van der Waals surface area contributed by atoms with Gasteiger partial charge in [0, 0.05) is 0 Å². The van der Waals surface area contributed by atoms with Gasteiger partial charge >= 0.3 is 0 Å². The van der Waals surface area contributed by atoms with Crippen molar-refractivity contribution in [3.05, 3.63) is 11.6 Å². The fraction of sp³-hybridized carbons (Fsp3) is 0.875. The summed E-state index contributed by atoms with van der Waals surface area (Å²) < 4.78 is 0. The Labute approximate surface area is 174 Å². The number of rotatable bonds is 20. The van der Waals surface area contributed by atoms with E-state index in [4.69, 9.17) is 5.73 Å². The Bertz CT molecular complexity index is 405. The summed E-state index contributed by atoms with van der Waals surface area (Å²) in [7, 11) is 0. The molecule has 4 nitrogen and oxygen atoms in total. The first-order valence-electron chi connectivity index (χ1n) is 11.9. The van der Waals surface area contributed by atoms with Crippen LogP contribution in [-0.4, -0.2) is 21.9 Å². The summed E-state index contributed by atoms with van der Waals surface area (Å²) >= 11 is 0. The smallest absolute Gasteiger partial charge is 0.282 e. The van der Waals surface area contributed by atoms with Gasteiger partial charge in [0.15, 0.2) is 0 Å². The maximum Gasteiger partial charge on any atom is 0.282 e. The average molecular weight is 398 g/mol. The Morgan fingerprint density at radius 1 is 0.714 bits per heavy atom. The van der Waals surface area contributed by atoms with Crippen LogP contribution in [0.25, 0.3) is 0 Å².